The SMILES string of the molecule is CC1CN(C)C1.C[C@H]1CCC(=O)N1c1cccc(N2c3nc(Nc4ccccc4)ncc3[C@@]3(C)COC(C)(C)C[C@@H]23)n1.[HH]. The minimum absolute atomic E-state index is 0. The zero-order valence-electron chi connectivity index (χ0n) is 25.7. The molecule has 7 rings (SSSR count). The maximum atomic E-state index is 12.6. The quantitative estimate of drug-likeness (QED) is 0.413. The summed E-state index contributed by atoms with van der Waals surface area (Å²) in [6.45, 7) is 14.0. The van der Waals surface area contributed by atoms with Gasteiger partial charge in [-0.05, 0) is 70.8 Å². The molecular weight excluding hydrogens is 526 g/mol. The Balaban J connectivity index is 0.000000472. The van der Waals surface area contributed by atoms with Crippen molar-refractivity contribution in [3.05, 3.63) is 60.3 Å². The van der Waals surface area contributed by atoms with E-state index in [0.717, 1.165) is 41.6 Å². The monoisotopic (exact) mass is 571 g/mol. The van der Waals surface area contributed by atoms with E-state index < -0.39 is 0 Å². The van der Waals surface area contributed by atoms with E-state index in [4.69, 9.17) is 14.7 Å². The van der Waals surface area contributed by atoms with E-state index in [1.54, 1.807) is 0 Å². The van der Waals surface area contributed by atoms with E-state index in [0.29, 0.717) is 24.8 Å². The Morgan fingerprint density at radius 1 is 0.976 bits per heavy atom. The number of fused-ring (bicyclic) bond motifs is 3. The summed E-state index contributed by atoms with van der Waals surface area (Å²) < 4.78 is 6.31. The number of aromatic nitrogens is 3. The Bertz CT molecular complexity index is 1440. The van der Waals surface area contributed by atoms with E-state index in [1.807, 2.05) is 59.6 Å². The average molecular weight is 572 g/mol. The van der Waals surface area contributed by atoms with Crippen molar-refractivity contribution in [1.82, 2.24) is 19.9 Å². The summed E-state index contributed by atoms with van der Waals surface area (Å²) in [5.74, 6) is 3.95. The first kappa shape index (κ1) is 28.6. The fourth-order valence-corrected chi connectivity index (χ4v) is 6.78. The van der Waals surface area contributed by atoms with Crippen LogP contribution in [0.4, 0.5) is 29.1 Å². The molecule has 3 saturated heterocycles. The number of para-hydroxylation sites is 1. The smallest absolute Gasteiger partial charge is 0.229 e. The van der Waals surface area contributed by atoms with Crippen LogP contribution >= 0.6 is 0 Å². The van der Waals surface area contributed by atoms with Gasteiger partial charge in [0.25, 0.3) is 0 Å². The Hall–Kier alpha value is -3.56. The van der Waals surface area contributed by atoms with Crippen molar-refractivity contribution in [2.24, 2.45) is 5.92 Å². The van der Waals surface area contributed by atoms with Crippen LogP contribution in [0.3, 0.4) is 0 Å². The lowest BCUT2D eigenvalue weighted by Crippen LogP contribution is -2.54. The molecule has 0 radical (unpaired) electrons. The highest BCUT2D eigenvalue weighted by molar-refractivity contribution is 5.95. The molecule has 0 saturated carbocycles. The summed E-state index contributed by atoms with van der Waals surface area (Å²) in [5.41, 5.74) is 1.42. The lowest BCUT2D eigenvalue weighted by molar-refractivity contribution is -0.117. The van der Waals surface area contributed by atoms with Crippen molar-refractivity contribution in [3.63, 3.8) is 0 Å². The number of nitrogens with one attached hydrogen (secondary N) is 1. The fourth-order valence-electron chi connectivity index (χ4n) is 6.78. The third kappa shape index (κ3) is 5.36. The largest absolute Gasteiger partial charge is 0.374 e. The molecule has 224 valence electrons. The summed E-state index contributed by atoms with van der Waals surface area (Å²) in [5, 5.41) is 3.33. The van der Waals surface area contributed by atoms with Gasteiger partial charge in [-0.15, -0.1) is 0 Å². The Morgan fingerprint density at radius 2 is 1.69 bits per heavy atom. The van der Waals surface area contributed by atoms with Gasteiger partial charge in [0.05, 0.1) is 18.2 Å². The first-order valence-electron chi connectivity index (χ1n) is 15.1. The number of pyridine rings is 1. The number of hydrogen-bond acceptors (Lipinski definition) is 8. The van der Waals surface area contributed by atoms with Gasteiger partial charge in [0.2, 0.25) is 11.9 Å². The van der Waals surface area contributed by atoms with Crippen LogP contribution in [0.2, 0.25) is 0 Å². The van der Waals surface area contributed by atoms with Crippen molar-refractivity contribution in [3.8, 4) is 0 Å². The molecule has 3 fully saturated rings. The molecule has 9 nitrogen and oxygen atoms in total. The zero-order valence-corrected chi connectivity index (χ0v) is 25.7. The van der Waals surface area contributed by atoms with Crippen molar-refractivity contribution < 1.29 is 11.0 Å². The van der Waals surface area contributed by atoms with E-state index in [-0.39, 0.29) is 30.4 Å². The highest BCUT2D eigenvalue weighted by Crippen LogP contribution is 2.53. The number of carbonyl (C=O) groups excluding carboxylic acids is 1. The number of anilines is 5. The van der Waals surface area contributed by atoms with Gasteiger partial charge in [-0.3, -0.25) is 9.69 Å². The van der Waals surface area contributed by atoms with Gasteiger partial charge in [-0.2, -0.15) is 4.98 Å². The van der Waals surface area contributed by atoms with Gasteiger partial charge in [0, 0.05) is 49.8 Å². The van der Waals surface area contributed by atoms with Gasteiger partial charge >= 0.3 is 0 Å². The zero-order chi connectivity index (χ0) is 29.6. The number of rotatable bonds is 4. The van der Waals surface area contributed by atoms with E-state index in [2.05, 4.69) is 61.8 Å². The number of benzene rings is 1. The predicted molar refractivity (Wildman–Crippen MR) is 169 cm³/mol. The molecule has 1 aromatic carbocycles. The Morgan fingerprint density at radius 3 is 2.31 bits per heavy atom. The molecule has 42 heavy (non-hydrogen) atoms. The Kier molecular flexibility index (Phi) is 7.43. The van der Waals surface area contributed by atoms with Crippen LogP contribution in [0.5, 0.6) is 0 Å². The highest BCUT2D eigenvalue weighted by atomic mass is 16.5. The van der Waals surface area contributed by atoms with Gasteiger partial charge in [0.1, 0.15) is 17.5 Å². The van der Waals surface area contributed by atoms with Crippen LogP contribution in [-0.4, -0.2) is 70.2 Å². The first-order valence-corrected chi connectivity index (χ1v) is 15.1. The third-order valence-electron chi connectivity index (χ3n) is 9.08. The molecule has 4 aliphatic rings. The van der Waals surface area contributed by atoms with Crippen LogP contribution in [-0.2, 0) is 14.9 Å². The molecule has 1 N–H and O–H groups in total. The maximum Gasteiger partial charge on any atom is 0.229 e. The number of carbonyl (C=O) groups is 1. The van der Waals surface area contributed by atoms with Gasteiger partial charge < -0.3 is 19.9 Å². The van der Waals surface area contributed by atoms with Crippen LogP contribution in [0, 0.1) is 5.92 Å². The number of hydrogen-bond donors (Lipinski definition) is 1. The standard InChI is InChI=1S/C28H32N6O2.C5H11N.H2/c1-18-13-14-24(35)33(18)22-11-8-12-23(31-22)34-21-15-27(2,3)36-17-28(21,4)20-16-29-26(32-25(20)34)30-19-9-6-5-7-10-19;1-5-3-6(2)4-5;/h5-12,16,18,21H,13-15,17H2,1-4H3,(H,29,30,32);5H,3-4H2,1-2H3;1H/t18-,21+,28+;;/m0../s1. The number of amides is 1. The summed E-state index contributed by atoms with van der Waals surface area (Å²) in [6, 6.07) is 16.1. The second-order valence-electron chi connectivity index (χ2n) is 13.3. The predicted octanol–water partition coefficient (Wildman–Crippen LogP) is 5.92. The minimum atomic E-state index is -0.287. The Labute approximate surface area is 250 Å². The minimum Gasteiger partial charge on any atom is -0.374 e. The second kappa shape index (κ2) is 10.9. The van der Waals surface area contributed by atoms with Crippen molar-refractivity contribution >= 4 is 35.0 Å². The molecule has 0 bridgehead atoms. The molecule has 4 aliphatic heterocycles. The molecular formula is C33H45N7O2. The lowest BCUT2D eigenvalue weighted by Gasteiger charge is -2.46. The fraction of sp³-hybridized carbons (Fsp3) is 0.515. The van der Waals surface area contributed by atoms with Crippen molar-refractivity contribution in [1.29, 1.82) is 0 Å². The van der Waals surface area contributed by atoms with Gasteiger partial charge in [0.15, 0.2) is 0 Å². The van der Waals surface area contributed by atoms with Crippen LogP contribution in [0.15, 0.2) is 54.7 Å². The van der Waals surface area contributed by atoms with Crippen molar-refractivity contribution in [2.45, 2.75) is 77.0 Å². The van der Waals surface area contributed by atoms with E-state index in [9.17, 15) is 4.79 Å². The maximum absolute atomic E-state index is 12.6. The topological polar surface area (TPSA) is 86.7 Å². The number of likely N-dealkylation sites (tertiary alicyclic amines) is 1. The summed E-state index contributed by atoms with van der Waals surface area (Å²) in [6.07, 6.45) is 4.16. The van der Waals surface area contributed by atoms with Crippen LogP contribution in [0.25, 0.3) is 0 Å². The lowest BCUT2D eigenvalue weighted by atomic mass is 9.73. The molecule has 2 aromatic heterocycles. The molecule has 9 heteroatoms. The molecule has 0 unspecified atom stereocenters. The highest BCUT2D eigenvalue weighted by Gasteiger charge is 2.55. The molecule has 0 aliphatic carbocycles. The normalized spacial score (nSPS) is 26.7. The third-order valence-corrected chi connectivity index (χ3v) is 9.08. The summed E-state index contributed by atoms with van der Waals surface area (Å²) in [4.78, 5) is 33.7. The van der Waals surface area contributed by atoms with E-state index in [1.165, 1.54) is 13.1 Å². The molecule has 3 aromatic rings. The van der Waals surface area contributed by atoms with Crippen LogP contribution < -0.4 is 15.1 Å². The van der Waals surface area contributed by atoms with Crippen LogP contribution in [0.1, 0.15) is 60.9 Å². The van der Waals surface area contributed by atoms with E-state index >= 15 is 0 Å². The van der Waals surface area contributed by atoms with Gasteiger partial charge in [-0.25, -0.2) is 9.97 Å². The summed E-state index contributed by atoms with van der Waals surface area (Å²) in [7, 11) is 2.15. The summed E-state index contributed by atoms with van der Waals surface area (Å²) >= 11 is 0. The molecule has 3 atom stereocenters. The molecule has 0 spiro atoms. The van der Waals surface area contributed by atoms with Gasteiger partial charge in [-0.1, -0.05) is 38.1 Å². The molecule has 6 heterocycles. The van der Waals surface area contributed by atoms with Crippen molar-refractivity contribution in [2.75, 3.05) is 41.9 Å². The average Bonchev–Trinajstić information content (AvgIpc) is 3.41. The number of nitrogens with zero attached hydrogens (tertiary/aromatic N) is 6. The number of ether oxygens (including phenoxy) is 1. The second-order valence-corrected chi connectivity index (χ2v) is 13.3. The molecule has 1 amide bonds. The first-order chi connectivity index (χ1) is 20.0.